The second kappa shape index (κ2) is 17.9. The molecule has 2 amide bonds. The van der Waals surface area contributed by atoms with Gasteiger partial charge in [0.05, 0.1) is 30.5 Å². The van der Waals surface area contributed by atoms with Gasteiger partial charge in [0, 0.05) is 13.0 Å². The van der Waals surface area contributed by atoms with Crippen LogP contribution in [0, 0.1) is 11.8 Å². The third-order valence-corrected chi connectivity index (χ3v) is 8.61. The third kappa shape index (κ3) is 10.0. The Labute approximate surface area is 273 Å². The van der Waals surface area contributed by atoms with Gasteiger partial charge < -0.3 is 20.1 Å². The lowest BCUT2D eigenvalue weighted by atomic mass is 9.92. The van der Waals surface area contributed by atoms with Crippen molar-refractivity contribution in [3.8, 4) is 0 Å². The summed E-state index contributed by atoms with van der Waals surface area (Å²) in [6.45, 7) is 7.88. The molecule has 0 radical (unpaired) electrons. The van der Waals surface area contributed by atoms with Crippen molar-refractivity contribution in [1.29, 1.82) is 0 Å². The van der Waals surface area contributed by atoms with Gasteiger partial charge >= 0.3 is 5.97 Å². The highest BCUT2D eigenvalue weighted by Gasteiger charge is 2.32. The molecule has 242 valence electrons. The number of nitrogens with one attached hydrogen (secondary N) is 1. The van der Waals surface area contributed by atoms with Crippen molar-refractivity contribution >= 4 is 17.8 Å². The lowest BCUT2D eigenvalue weighted by Gasteiger charge is -2.36. The topological polar surface area (TPSA) is 95.9 Å². The summed E-state index contributed by atoms with van der Waals surface area (Å²) in [6.07, 6.45) is 6.63. The van der Waals surface area contributed by atoms with Crippen LogP contribution in [0.3, 0.4) is 0 Å². The number of hydrogen-bond donors (Lipinski definition) is 2. The Hall–Kier alpha value is -4.49. The van der Waals surface area contributed by atoms with Crippen LogP contribution in [-0.4, -0.2) is 53.1 Å². The number of hydrogen-bond acceptors (Lipinski definition) is 5. The molecule has 46 heavy (non-hydrogen) atoms. The highest BCUT2D eigenvalue weighted by molar-refractivity contribution is 5.86. The van der Waals surface area contributed by atoms with E-state index >= 15 is 0 Å². The van der Waals surface area contributed by atoms with Crippen molar-refractivity contribution < 1.29 is 24.2 Å². The molecule has 3 aromatic rings. The number of esters is 1. The number of rotatable bonds is 17. The zero-order chi connectivity index (χ0) is 32.7. The summed E-state index contributed by atoms with van der Waals surface area (Å²) in [7, 11) is 0. The zero-order valence-electron chi connectivity index (χ0n) is 26.6. The molecular formula is C39H46N2O5. The fraction of sp³-hybridized carbons (Fsp3) is 0.359. The number of allylic oxidation sites excluding steroid dienone is 2. The summed E-state index contributed by atoms with van der Waals surface area (Å²) in [5, 5.41) is 13.2. The number of benzene rings is 3. The maximum absolute atomic E-state index is 13.7. The molecule has 0 spiro atoms. The van der Waals surface area contributed by atoms with Gasteiger partial charge in [0.1, 0.15) is 6.61 Å². The Kier molecular flexibility index (Phi) is 13.3. The highest BCUT2D eigenvalue weighted by atomic mass is 16.5. The van der Waals surface area contributed by atoms with E-state index in [-0.39, 0.29) is 49.4 Å². The molecule has 0 aliphatic carbocycles. The normalized spacial score (nSPS) is 15.9. The van der Waals surface area contributed by atoms with Crippen molar-refractivity contribution in [3.05, 3.63) is 132 Å². The largest absolute Gasteiger partial charge is 0.463 e. The van der Waals surface area contributed by atoms with Gasteiger partial charge in [0.2, 0.25) is 11.8 Å². The third-order valence-electron chi connectivity index (χ3n) is 8.61. The predicted octanol–water partition coefficient (Wildman–Crippen LogP) is 5.61. The van der Waals surface area contributed by atoms with Gasteiger partial charge in [-0.05, 0) is 60.8 Å². The zero-order valence-corrected chi connectivity index (χ0v) is 26.6. The van der Waals surface area contributed by atoms with Gasteiger partial charge in [-0.15, -0.1) is 13.2 Å². The molecule has 7 heteroatoms. The lowest BCUT2D eigenvalue weighted by molar-refractivity contribution is -0.150. The minimum atomic E-state index is -0.658. The number of carbonyl (C=O) groups is 3. The average Bonchev–Trinajstić information content (AvgIpc) is 3.08. The maximum atomic E-state index is 13.7. The van der Waals surface area contributed by atoms with Crippen LogP contribution in [0.15, 0.2) is 110 Å². The predicted molar refractivity (Wildman–Crippen MR) is 181 cm³/mol. The Bertz CT molecular complexity index is 1440. The minimum absolute atomic E-state index is 0.00307. The van der Waals surface area contributed by atoms with E-state index in [1.54, 1.807) is 17.1 Å². The smallest absolute Gasteiger partial charge is 0.309 e. The maximum Gasteiger partial charge on any atom is 0.309 e. The molecule has 1 heterocycles. The first-order valence-electron chi connectivity index (χ1n) is 16.2. The monoisotopic (exact) mass is 622 g/mol. The van der Waals surface area contributed by atoms with E-state index < -0.39 is 12.0 Å². The summed E-state index contributed by atoms with van der Waals surface area (Å²) < 4.78 is 5.88. The number of ether oxygens (including phenoxy) is 1. The molecule has 0 fully saturated rings. The second-order valence-corrected chi connectivity index (χ2v) is 12.0. The quantitative estimate of drug-likeness (QED) is 0.151. The Balaban J connectivity index is 1.44. The van der Waals surface area contributed by atoms with Crippen LogP contribution in [0.2, 0.25) is 0 Å². The lowest BCUT2D eigenvalue weighted by Crippen LogP contribution is -2.48. The van der Waals surface area contributed by atoms with E-state index in [1.165, 1.54) is 0 Å². The van der Waals surface area contributed by atoms with Crippen LogP contribution in [0.1, 0.15) is 47.9 Å². The van der Waals surface area contributed by atoms with Gasteiger partial charge in [-0.1, -0.05) is 97.1 Å². The molecule has 0 saturated carbocycles. The van der Waals surface area contributed by atoms with Crippen molar-refractivity contribution in [2.75, 3.05) is 13.2 Å². The first-order valence-corrected chi connectivity index (χ1v) is 16.2. The number of aliphatic hydroxyl groups is 1. The van der Waals surface area contributed by atoms with Crippen LogP contribution >= 0.6 is 0 Å². The van der Waals surface area contributed by atoms with Crippen LogP contribution < -0.4 is 5.32 Å². The summed E-state index contributed by atoms with van der Waals surface area (Å²) in [5.74, 6) is -1.79. The summed E-state index contributed by atoms with van der Waals surface area (Å²) in [5.41, 5.74) is 4.22. The molecular weight excluding hydrogens is 576 g/mol. The molecule has 3 aromatic carbocycles. The SMILES string of the molecule is C=CCC[C@H](Cc1ccccc1)C(=O)OC[C@H](Cc1ccccc1)NC(=O)[C@H](CC=C)CC(=O)N1Cc2ccccc2C[C@H]1CO. The Morgan fingerprint density at radius 3 is 2.13 bits per heavy atom. The molecule has 0 aromatic heterocycles. The highest BCUT2D eigenvalue weighted by Crippen LogP contribution is 2.25. The number of fused-ring (bicyclic) bond motifs is 1. The van der Waals surface area contributed by atoms with Gasteiger partial charge in [-0.25, -0.2) is 0 Å². The molecule has 4 atom stereocenters. The Morgan fingerprint density at radius 2 is 1.50 bits per heavy atom. The van der Waals surface area contributed by atoms with E-state index in [2.05, 4.69) is 18.5 Å². The molecule has 4 rings (SSSR count). The molecule has 7 nitrogen and oxygen atoms in total. The van der Waals surface area contributed by atoms with E-state index in [9.17, 15) is 19.5 Å². The molecule has 0 unspecified atom stereocenters. The second-order valence-electron chi connectivity index (χ2n) is 12.0. The number of nitrogens with zero attached hydrogens (tertiary/aromatic N) is 1. The van der Waals surface area contributed by atoms with Crippen molar-refractivity contribution in [1.82, 2.24) is 10.2 Å². The standard InChI is InChI=1S/C39H46N2O5/c1-3-5-19-33(22-29-15-8-6-9-16-29)39(45)46-28-35(23-30-17-10-7-11-18-30)40-38(44)32(14-4-2)25-37(43)41-26-34-21-13-12-20-31(34)24-36(41)27-42/h3-4,6-13,15-18,20-21,32-33,35-36,42H,1-2,5,14,19,22-28H2,(H,40,44)/t32-,33-,35+,36+/m1/s1. The fourth-order valence-electron chi connectivity index (χ4n) is 6.05. The van der Waals surface area contributed by atoms with Gasteiger partial charge in [0.15, 0.2) is 0 Å². The molecule has 0 bridgehead atoms. The molecule has 2 N–H and O–H groups in total. The van der Waals surface area contributed by atoms with E-state index in [0.717, 1.165) is 22.3 Å². The number of carbonyl (C=O) groups excluding carboxylic acids is 3. The van der Waals surface area contributed by atoms with Gasteiger partial charge in [-0.2, -0.15) is 0 Å². The summed E-state index contributed by atoms with van der Waals surface area (Å²) in [4.78, 5) is 42.4. The summed E-state index contributed by atoms with van der Waals surface area (Å²) >= 11 is 0. The van der Waals surface area contributed by atoms with Crippen molar-refractivity contribution in [3.63, 3.8) is 0 Å². The van der Waals surface area contributed by atoms with Crippen LogP contribution in [0.25, 0.3) is 0 Å². The molecule has 1 aliphatic rings. The van der Waals surface area contributed by atoms with E-state index in [0.29, 0.717) is 45.1 Å². The molecule has 1 aliphatic heterocycles. The van der Waals surface area contributed by atoms with Crippen molar-refractivity contribution in [2.45, 2.75) is 63.6 Å². The number of aliphatic hydroxyl groups excluding tert-OH is 1. The van der Waals surface area contributed by atoms with Gasteiger partial charge in [0.25, 0.3) is 0 Å². The van der Waals surface area contributed by atoms with Crippen LogP contribution in [-0.2, 0) is 44.9 Å². The molecule has 0 saturated heterocycles. The van der Waals surface area contributed by atoms with Crippen LogP contribution in [0.5, 0.6) is 0 Å². The van der Waals surface area contributed by atoms with Gasteiger partial charge in [-0.3, -0.25) is 14.4 Å². The summed E-state index contributed by atoms with van der Waals surface area (Å²) in [6, 6.07) is 26.7. The average molecular weight is 623 g/mol. The van der Waals surface area contributed by atoms with Crippen molar-refractivity contribution in [2.24, 2.45) is 11.8 Å². The first kappa shape index (κ1) is 34.4. The number of amides is 2. The van der Waals surface area contributed by atoms with E-state index in [4.69, 9.17) is 4.74 Å². The minimum Gasteiger partial charge on any atom is -0.463 e. The fourth-order valence-corrected chi connectivity index (χ4v) is 6.05. The Morgan fingerprint density at radius 1 is 0.870 bits per heavy atom. The first-order chi connectivity index (χ1) is 22.4. The van der Waals surface area contributed by atoms with E-state index in [1.807, 2.05) is 84.9 Å². The van der Waals surface area contributed by atoms with Crippen LogP contribution in [0.4, 0.5) is 0 Å².